The van der Waals surface area contributed by atoms with Gasteiger partial charge in [-0.05, 0) is 82.8 Å². The van der Waals surface area contributed by atoms with Crippen LogP contribution in [0.1, 0.15) is 126 Å². The van der Waals surface area contributed by atoms with Crippen molar-refractivity contribution in [2.75, 3.05) is 7.11 Å². The molecule has 4 rings (SSSR count). The number of carbonyl (C=O) groups excluding carboxylic acids is 4. The van der Waals surface area contributed by atoms with Crippen molar-refractivity contribution in [3.05, 3.63) is 22.8 Å². The molecule has 12 atom stereocenters. The van der Waals surface area contributed by atoms with E-state index in [1.54, 1.807) is 20.8 Å². The highest BCUT2D eigenvalue weighted by Crippen LogP contribution is 2.56. The van der Waals surface area contributed by atoms with E-state index in [0.29, 0.717) is 44.1 Å². The molecule has 0 unspecified atom stereocenters. The third-order valence-corrected chi connectivity index (χ3v) is 13.0. The molecule has 10 nitrogen and oxygen atoms in total. The van der Waals surface area contributed by atoms with Gasteiger partial charge in [-0.15, -0.1) is 0 Å². The maximum Gasteiger partial charge on any atom is 0.314 e. The lowest BCUT2D eigenvalue weighted by Gasteiger charge is -2.52. The van der Waals surface area contributed by atoms with Crippen LogP contribution in [0.5, 0.6) is 0 Å². The van der Waals surface area contributed by atoms with Crippen LogP contribution in [-0.4, -0.2) is 86.5 Å². The molecule has 1 saturated heterocycles. The quantitative estimate of drug-likeness (QED) is 0.220. The Bertz CT molecular complexity index is 1390. The first kappa shape index (κ1) is 41.5. The van der Waals surface area contributed by atoms with Gasteiger partial charge in [0, 0.05) is 43.4 Å². The van der Waals surface area contributed by atoms with E-state index < -0.39 is 71.2 Å². The Labute approximate surface area is 304 Å². The second kappa shape index (κ2) is 16.0. The van der Waals surface area contributed by atoms with Crippen LogP contribution < -0.4 is 0 Å². The highest BCUT2D eigenvalue weighted by Gasteiger charge is 2.63. The van der Waals surface area contributed by atoms with E-state index in [2.05, 4.69) is 0 Å². The molecule has 2 heterocycles. The molecule has 0 aromatic carbocycles. The Morgan fingerprint density at radius 2 is 1.57 bits per heavy atom. The van der Waals surface area contributed by atoms with E-state index in [1.807, 2.05) is 40.7 Å². The fraction of sp³-hybridized carbons (Fsp3) is 0.805. The zero-order valence-electron chi connectivity index (χ0n) is 32.4. The van der Waals surface area contributed by atoms with Crippen LogP contribution in [0.4, 0.5) is 0 Å². The Morgan fingerprint density at radius 1 is 0.922 bits per heavy atom. The van der Waals surface area contributed by atoms with Gasteiger partial charge in [0.05, 0.1) is 54.1 Å². The number of hydrogen-bond donors (Lipinski definition) is 4. The highest BCUT2D eigenvalue weighted by molar-refractivity contribution is 5.97. The number of Topliss-reactive ketones (excluding diaryl/α,β-unsaturated/α-hetero) is 3. The average molecular weight is 717 g/mol. The first-order valence-corrected chi connectivity index (χ1v) is 19.2. The Kier molecular flexibility index (Phi) is 13.0. The molecule has 4 aliphatic rings. The van der Waals surface area contributed by atoms with Gasteiger partial charge in [-0.25, -0.2) is 0 Å². The van der Waals surface area contributed by atoms with Gasteiger partial charge in [0.15, 0.2) is 0 Å². The summed E-state index contributed by atoms with van der Waals surface area (Å²) in [5, 5.41) is 47.5. The minimum absolute atomic E-state index is 0.00109. The molecule has 288 valence electrons. The van der Waals surface area contributed by atoms with Crippen LogP contribution >= 0.6 is 0 Å². The number of rotatable bonds is 2. The van der Waals surface area contributed by atoms with Gasteiger partial charge in [0.2, 0.25) is 0 Å². The minimum atomic E-state index is -1.96. The Morgan fingerprint density at radius 3 is 2.20 bits per heavy atom. The van der Waals surface area contributed by atoms with E-state index in [4.69, 9.17) is 9.47 Å². The fourth-order valence-electron chi connectivity index (χ4n) is 9.58. The van der Waals surface area contributed by atoms with Crippen LogP contribution in [0.3, 0.4) is 0 Å². The number of carbonyl (C=O) groups is 4. The summed E-state index contributed by atoms with van der Waals surface area (Å²) in [6.07, 6.45) is 0.515. The lowest BCUT2D eigenvalue weighted by molar-refractivity contribution is -0.219. The van der Waals surface area contributed by atoms with Gasteiger partial charge in [-0.2, -0.15) is 0 Å². The van der Waals surface area contributed by atoms with Crippen molar-refractivity contribution in [2.24, 2.45) is 40.9 Å². The molecule has 0 amide bonds. The molecule has 2 aliphatic heterocycles. The molecule has 2 bridgehead atoms. The SMILES string of the molecule is COC(=O)[C@]12CC(=O)[C@H](C(C)C)CC(=O)[C@H](C)CCC[C@H](C)CC(=O)[C@H]1[C@H](O)C(C)=C1[C@H](O)C[C@](C)(O)[C@H]3CC[C@@](C)(O)[C@H](CC/C(C)=C/[C@@H]12)O3. The van der Waals surface area contributed by atoms with Crippen molar-refractivity contribution in [2.45, 2.75) is 162 Å². The summed E-state index contributed by atoms with van der Waals surface area (Å²) < 4.78 is 11.8. The molecule has 51 heavy (non-hydrogen) atoms. The van der Waals surface area contributed by atoms with Gasteiger partial charge in [-0.1, -0.05) is 52.2 Å². The molecule has 2 aliphatic carbocycles. The van der Waals surface area contributed by atoms with E-state index in [9.17, 15) is 39.6 Å². The van der Waals surface area contributed by atoms with Crippen LogP contribution in [0.15, 0.2) is 22.8 Å². The minimum Gasteiger partial charge on any atom is -0.469 e. The number of methoxy groups -OCH3 is 1. The molecule has 0 aromatic rings. The predicted molar refractivity (Wildman–Crippen MR) is 192 cm³/mol. The summed E-state index contributed by atoms with van der Waals surface area (Å²) in [7, 11) is 1.20. The van der Waals surface area contributed by atoms with Crippen molar-refractivity contribution >= 4 is 23.3 Å². The molecule has 2 fully saturated rings. The molecule has 4 N–H and O–H groups in total. The molecule has 10 heteroatoms. The number of aliphatic hydroxyl groups is 4. The van der Waals surface area contributed by atoms with E-state index in [-0.39, 0.29) is 59.9 Å². The zero-order chi connectivity index (χ0) is 38.2. The van der Waals surface area contributed by atoms with Crippen molar-refractivity contribution in [3.63, 3.8) is 0 Å². The zero-order valence-corrected chi connectivity index (χ0v) is 32.4. The van der Waals surface area contributed by atoms with Gasteiger partial charge in [0.1, 0.15) is 17.3 Å². The Balaban J connectivity index is 2.02. The van der Waals surface area contributed by atoms with Gasteiger partial charge < -0.3 is 29.9 Å². The number of esters is 1. The maximum absolute atomic E-state index is 14.7. The van der Waals surface area contributed by atoms with Crippen molar-refractivity contribution in [3.8, 4) is 0 Å². The summed E-state index contributed by atoms with van der Waals surface area (Å²) in [6, 6.07) is 0. The van der Waals surface area contributed by atoms with Crippen molar-refractivity contribution in [1.82, 2.24) is 0 Å². The normalized spacial score (nSPS) is 43.5. The van der Waals surface area contributed by atoms with E-state index in [1.165, 1.54) is 7.11 Å². The monoisotopic (exact) mass is 716 g/mol. The molecule has 1 saturated carbocycles. The first-order chi connectivity index (χ1) is 23.7. The van der Waals surface area contributed by atoms with Crippen LogP contribution in [0, 0.1) is 40.9 Å². The molecule has 0 radical (unpaired) electrons. The second-order valence-electron chi connectivity index (χ2n) is 17.5. The maximum atomic E-state index is 14.7. The summed E-state index contributed by atoms with van der Waals surface area (Å²) in [4.78, 5) is 57.5. The van der Waals surface area contributed by atoms with E-state index in [0.717, 1.165) is 12.0 Å². The summed E-state index contributed by atoms with van der Waals surface area (Å²) in [6.45, 7) is 14.4. The summed E-state index contributed by atoms with van der Waals surface area (Å²) >= 11 is 0. The van der Waals surface area contributed by atoms with Crippen LogP contribution in [-0.2, 0) is 28.7 Å². The lowest BCUT2D eigenvalue weighted by Crippen LogP contribution is -2.60. The third kappa shape index (κ3) is 8.45. The second-order valence-corrected chi connectivity index (χ2v) is 17.5. The molecular weight excluding hydrogens is 652 g/mol. The van der Waals surface area contributed by atoms with Gasteiger partial charge in [-0.3, -0.25) is 19.2 Å². The smallest absolute Gasteiger partial charge is 0.314 e. The summed E-state index contributed by atoms with van der Waals surface area (Å²) in [5.41, 5.74) is -3.32. The first-order valence-electron chi connectivity index (χ1n) is 19.2. The van der Waals surface area contributed by atoms with Crippen LogP contribution in [0.25, 0.3) is 0 Å². The molecular formula is C41H64O10. The fourth-order valence-corrected chi connectivity index (χ4v) is 9.58. The number of ketones is 3. The average Bonchev–Trinajstić information content (AvgIpc) is 3.03. The topological polar surface area (TPSA) is 168 Å². The van der Waals surface area contributed by atoms with Gasteiger partial charge in [0.25, 0.3) is 0 Å². The number of fused-ring (bicyclic) bond motifs is 5. The highest BCUT2D eigenvalue weighted by atomic mass is 16.5. The molecule has 0 aromatic heterocycles. The summed E-state index contributed by atoms with van der Waals surface area (Å²) in [5.74, 6) is -5.40. The van der Waals surface area contributed by atoms with Crippen molar-refractivity contribution < 1.29 is 49.1 Å². The Hall–Kier alpha value is -2.24. The largest absolute Gasteiger partial charge is 0.469 e. The van der Waals surface area contributed by atoms with Gasteiger partial charge >= 0.3 is 5.97 Å². The standard InChI is InChI=1S/C41H64O10/c1-22(2)27-19-29(42)25(5)12-10-11-23(3)18-30(43)36-37(46)26(6)35-28(41(36,21-31(27)44)38(47)50-9)17-24(4)13-14-33-39(7,48)16-15-34(51-33)40(8,49)20-32(35)45/h17,22-23,25,27-28,32-34,36-37,45-46,48-49H,10-16,18-21H2,1-9H3/b24-17+/t23-,25+,27-,28-,32+,33-,34+,36-,37+,39+,40-,41-/m0/s1. The van der Waals surface area contributed by atoms with Crippen LogP contribution in [0.2, 0.25) is 0 Å². The number of aliphatic hydroxyl groups excluding tert-OH is 2. The third-order valence-electron chi connectivity index (χ3n) is 13.0. The van der Waals surface area contributed by atoms with E-state index >= 15 is 0 Å². The molecule has 0 spiro atoms. The lowest BCUT2D eigenvalue weighted by atomic mass is 9.52. The predicted octanol–water partition coefficient (Wildman–Crippen LogP) is 5.22. The number of hydrogen-bond acceptors (Lipinski definition) is 10. The van der Waals surface area contributed by atoms with Crippen molar-refractivity contribution in [1.29, 1.82) is 0 Å². The number of allylic oxidation sites excluding steroid dienone is 2. The number of ether oxygens (including phenoxy) is 2.